The zero-order chi connectivity index (χ0) is 17.8. The van der Waals surface area contributed by atoms with Crippen LogP contribution >= 0.6 is 7.60 Å². The van der Waals surface area contributed by atoms with E-state index in [9.17, 15) is 19.0 Å². The number of hydrogen-bond donors (Lipinski definition) is 1. The Morgan fingerprint density at radius 2 is 1.86 bits per heavy atom. The Hall–Kier alpha value is -1.04. The molecular weight excluding hydrogens is 307 g/mol. The van der Waals surface area contributed by atoms with Crippen LogP contribution in [0.4, 0.5) is 0 Å². The molecule has 2 atom stereocenters. The first kappa shape index (κ1) is 21.0. The van der Waals surface area contributed by atoms with Crippen molar-refractivity contribution >= 4 is 26.1 Å². The summed E-state index contributed by atoms with van der Waals surface area (Å²) in [7, 11) is -1.27. The molecule has 0 fully saturated rings. The predicted molar refractivity (Wildman–Crippen MR) is 85.8 cm³/mol. The van der Waals surface area contributed by atoms with Gasteiger partial charge in [-0.2, -0.15) is 0 Å². The second kappa shape index (κ2) is 7.49. The van der Waals surface area contributed by atoms with Gasteiger partial charge < -0.3 is 14.3 Å². The molecule has 2 unspecified atom stereocenters. The SMILES string of the molecule is C=NC(=O)C(C)(C)CC(C)(CC)C(=O)N(C)CP(=O)(O)OC. The van der Waals surface area contributed by atoms with Crippen molar-refractivity contribution in [1.82, 2.24) is 4.90 Å². The van der Waals surface area contributed by atoms with Crippen molar-refractivity contribution in [2.24, 2.45) is 15.8 Å². The van der Waals surface area contributed by atoms with Gasteiger partial charge in [0, 0.05) is 25.0 Å². The van der Waals surface area contributed by atoms with Crippen molar-refractivity contribution in [2.45, 2.75) is 40.5 Å². The van der Waals surface area contributed by atoms with Gasteiger partial charge in [0.1, 0.15) is 6.29 Å². The van der Waals surface area contributed by atoms with Crippen LogP contribution in [0.15, 0.2) is 4.99 Å². The van der Waals surface area contributed by atoms with Crippen LogP contribution in [0, 0.1) is 10.8 Å². The van der Waals surface area contributed by atoms with E-state index in [0.717, 1.165) is 7.11 Å². The molecule has 0 saturated carbocycles. The fraction of sp³-hybridized carbons (Fsp3) is 0.786. The average Bonchev–Trinajstić information content (AvgIpc) is 2.44. The van der Waals surface area contributed by atoms with E-state index in [1.165, 1.54) is 11.9 Å². The molecule has 0 saturated heterocycles. The first-order chi connectivity index (χ1) is 9.85. The highest BCUT2D eigenvalue weighted by Crippen LogP contribution is 2.43. The van der Waals surface area contributed by atoms with Crippen molar-refractivity contribution in [2.75, 3.05) is 20.4 Å². The van der Waals surface area contributed by atoms with Crippen molar-refractivity contribution in [3.05, 3.63) is 0 Å². The molecule has 7 nitrogen and oxygen atoms in total. The topological polar surface area (TPSA) is 96.3 Å². The molecule has 0 aromatic heterocycles. The monoisotopic (exact) mass is 334 g/mol. The maximum Gasteiger partial charge on any atom is 0.347 e. The van der Waals surface area contributed by atoms with E-state index >= 15 is 0 Å². The quantitative estimate of drug-likeness (QED) is 0.543. The van der Waals surface area contributed by atoms with Crippen LogP contribution in [0.1, 0.15) is 40.5 Å². The minimum atomic E-state index is -3.83. The summed E-state index contributed by atoms with van der Waals surface area (Å²) in [4.78, 5) is 38.6. The number of aliphatic imine (C=N–C) groups is 1. The Balaban J connectivity index is 5.29. The van der Waals surface area contributed by atoms with Gasteiger partial charge in [-0.3, -0.25) is 14.2 Å². The third-order valence-electron chi connectivity index (χ3n) is 3.87. The van der Waals surface area contributed by atoms with Crippen molar-refractivity contribution in [1.29, 1.82) is 0 Å². The van der Waals surface area contributed by atoms with Crippen LogP contribution in [-0.2, 0) is 18.7 Å². The third-order valence-corrected chi connectivity index (χ3v) is 5.23. The zero-order valence-corrected chi connectivity index (χ0v) is 15.1. The number of rotatable bonds is 8. The number of hydrogen-bond acceptors (Lipinski definition) is 4. The van der Waals surface area contributed by atoms with E-state index in [-0.39, 0.29) is 18.2 Å². The summed E-state index contributed by atoms with van der Waals surface area (Å²) in [6.45, 7) is 10.2. The van der Waals surface area contributed by atoms with E-state index < -0.39 is 24.7 Å². The maximum absolute atomic E-state index is 12.7. The number of carbonyl (C=O) groups is 2. The Labute approximate surface area is 132 Å². The largest absolute Gasteiger partial charge is 0.347 e. The van der Waals surface area contributed by atoms with E-state index in [1.54, 1.807) is 20.8 Å². The number of carbonyl (C=O) groups excluding carboxylic acids is 2. The van der Waals surface area contributed by atoms with Crippen LogP contribution < -0.4 is 0 Å². The summed E-state index contributed by atoms with van der Waals surface area (Å²) in [6, 6.07) is 0. The first-order valence-corrected chi connectivity index (χ1v) is 8.76. The van der Waals surface area contributed by atoms with Crippen molar-refractivity contribution < 1.29 is 23.6 Å². The Kier molecular flexibility index (Phi) is 7.13. The van der Waals surface area contributed by atoms with Gasteiger partial charge in [0.05, 0.1) is 0 Å². The van der Waals surface area contributed by atoms with E-state index in [0.29, 0.717) is 6.42 Å². The van der Waals surface area contributed by atoms with Gasteiger partial charge in [0.2, 0.25) is 5.91 Å². The smallest absolute Gasteiger partial charge is 0.333 e. The van der Waals surface area contributed by atoms with Gasteiger partial charge in [0.25, 0.3) is 5.91 Å². The van der Waals surface area contributed by atoms with Crippen LogP contribution in [0.3, 0.4) is 0 Å². The third kappa shape index (κ3) is 5.30. The highest BCUT2D eigenvalue weighted by molar-refractivity contribution is 7.52. The lowest BCUT2D eigenvalue weighted by Crippen LogP contribution is -2.44. The van der Waals surface area contributed by atoms with Crippen LogP contribution in [-0.4, -0.2) is 48.8 Å². The molecule has 0 bridgehead atoms. The molecule has 2 amide bonds. The van der Waals surface area contributed by atoms with Gasteiger partial charge in [-0.05, 0) is 19.6 Å². The van der Waals surface area contributed by atoms with Crippen LogP contribution in [0.2, 0.25) is 0 Å². The fourth-order valence-electron chi connectivity index (χ4n) is 2.47. The minimum absolute atomic E-state index is 0.264. The fourth-order valence-corrected chi connectivity index (χ4v) is 3.25. The van der Waals surface area contributed by atoms with Crippen LogP contribution in [0.5, 0.6) is 0 Å². The highest BCUT2D eigenvalue weighted by atomic mass is 31.2. The van der Waals surface area contributed by atoms with Gasteiger partial charge in [-0.1, -0.05) is 27.7 Å². The normalized spacial score (nSPS) is 17.2. The summed E-state index contributed by atoms with van der Waals surface area (Å²) in [6.07, 6.45) is 0.346. The summed E-state index contributed by atoms with van der Waals surface area (Å²) in [5.41, 5.74) is -1.69. The molecule has 0 heterocycles. The number of amides is 2. The van der Waals surface area contributed by atoms with Gasteiger partial charge >= 0.3 is 7.60 Å². The van der Waals surface area contributed by atoms with Crippen molar-refractivity contribution in [3.8, 4) is 0 Å². The number of nitrogens with zero attached hydrogens (tertiary/aromatic N) is 2. The molecule has 0 aliphatic heterocycles. The molecular formula is C14H27N2O5P. The predicted octanol–water partition coefficient (Wildman–Crippen LogP) is 2.29. The van der Waals surface area contributed by atoms with Crippen molar-refractivity contribution in [3.63, 3.8) is 0 Å². The summed E-state index contributed by atoms with van der Waals surface area (Å²) >= 11 is 0. The van der Waals surface area contributed by atoms with E-state index in [2.05, 4.69) is 16.2 Å². The molecule has 0 spiro atoms. The zero-order valence-electron chi connectivity index (χ0n) is 14.3. The van der Waals surface area contributed by atoms with Gasteiger partial charge in [-0.15, -0.1) is 0 Å². The second-order valence-electron chi connectivity index (χ2n) is 6.40. The minimum Gasteiger partial charge on any atom is -0.333 e. The summed E-state index contributed by atoms with van der Waals surface area (Å²) in [5, 5.41) is 0. The summed E-state index contributed by atoms with van der Waals surface area (Å²) in [5.74, 6) is -0.696. The molecule has 0 aliphatic rings. The summed E-state index contributed by atoms with van der Waals surface area (Å²) < 4.78 is 16.1. The Bertz CT molecular complexity index is 492. The molecule has 0 rings (SSSR count). The van der Waals surface area contributed by atoms with E-state index in [4.69, 9.17) is 0 Å². The lowest BCUT2D eigenvalue weighted by molar-refractivity contribution is -0.143. The lowest BCUT2D eigenvalue weighted by Gasteiger charge is -2.37. The highest BCUT2D eigenvalue weighted by Gasteiger charge is 2.42. The van der Waals surface area contributed by atoms with Crippen LogP contribution in [0.25, 0.3) is 0 Å². The average molecular weight is 334 g/mol. The lowest BCUT2D eigenvalue weighted by atomic mass is 9.71. The van der Waals surface area contributed by atoms with E-state index in [1.807, 2.05) is 6.92 Å². The second-order valence-corrected chi connectivity index (χ2v) is 8.33. The molecule has 22 heavy (non-hydrogen) atoms. The molecule has 8 heteroatoms. The maximum atomic E-state index is 12.7. The Morgan fingerprint density at radius 1 is 1.36 bits per heavy atom. The molecule has 128 valence electrons. The first-order valence-electron chi connectivity index (χ1n) is 6.99. The molecule has 0 radical (unpaired) electrons. The standard InChI is InChI=1S/C14H27N2O5P/c1-8-14(4,9-13(2,3)11(17)15-5)12(18)16(6)10-22(19,20)21-7/h5,8-10H2,1-4,6-7H3,(H,19,20). The molecule has 0 aromatic rings. The molecule has 0 aliphatic carbocycles. The Morgan fingerprint density at radius 3 is 2.23 bits per heavy atom. The van der Waals surface area contributed by atoms with Gasteiger partial charge in [0.15, 0.2) is 0 Å². The van der Waals surface area contributed by atoms with Gasteiger partial charge in [-0.25, -0.2) is 4.99 Å². The molecule has 1 N–H and O–H groups in total. The molecule has 0 aromatic carbocycles.